The number of rotatable bonds is 5. The zero-order valence-electron chi connectivity index (χ0n) is 9.07. The highest BCUT2D eigenvalue weighted by atomic mass is 35.5. The van der Waals surface area contributed by atoms with E-state index in [0.29, 0.717) is 11.9 Å². The van der Waals surface area contributed by atoms with Gasteiger partial charge in [-0.3, -0.25) is 0 Å². The molecule has 80 valence electrons. The minimum Gasteiger partial charge on any atom is -0.314 e. The molecule has 1 aromatic rings. The summed E-state index contributed by atoms with van der Waals surface area (Å²) in [6.45, 7) is 6.67. The van der Waals surface area contributed by atoms with Crippen LogP contribution in [-0.2, 0) is 5.88 Å². The van der Waals surface area contributed by atoms with E-state index in [1.54, 1.807) is 6.33 Å². The first-order valence-corrected chi connectivity index (χ1v) is 5.66. The lowest BCUT2D eigenvalue weighted by Gasteiger charge is -2.18. The van der Waals surface area contributed by atoms with E-state index >= 15 is 0 Å². The first kappa shape index (κ1) is 11.5. The SMILES string of the molecule is CCC(C)CC(C)n1cnnc1CCl. The van der Waals surface area contributed by atoms with Crippen LogP contribution in [0, 0.1) is 5.92 Å². The van der Waals surface area contributed by atoms with Crippen molar-refractivity contribution in [2.75, 3.05) is 0 Å². The Morgan fingerprint density at radius 3 is 2.79 bits per heavy atom. The molecule has 14 heavy (non-hydrogen) atoms. The first-order valence-electron chi connectivity index (χ1n) is 5.13. The maximum Gasteiger partial charge on any atom is 0.148 e. The summed E-state index contributed by atoms with van der Waals surface area (Å²) < 4.78 is 2.07. The lowest BCUT2D eigenvalue weighted by atomic mass is 10.0. The average molecular weight is 216 g/mol. The molecule has 0 aliphatic heterocycles. The van der Waals surface area contributed by atoms with E-state index in [1.807, 2.05) is 0 Å². The van der Waals surface area contributed by atoms with Gasteiger partial charge in [0.25, 0.3) is 0 Å². The molecule has 0 saturated heterocycles. The lowest BCUT2D eigenvalue weighted by Crippen LogP contribution is -2.10. The molecule has 0 fully saturated rings. The fourth-order valence-electron chi connectivity index (χ4n) is 1.59. The van der Waals surface area contributed by atoms with Gasteiger partial charge in [-0.2, -0.15) is 0 Å². The van der Waals surface area contributed by atoms with Crippen molar-refractivity contribution in [1.82, 2.24) is 14.8 Å². The third kappa shape index (κ3) is 2.71. The van der Waals surface area contributed by atoms with E-state index < -0.39 is 0 Å². The Bertz CT molecular complexity index is 272. The van der Waals surface area contributed by atoms with Crippen LogP contribution in [-0.4, -0.2) is 14.8 Å². The smallest absolute Gasteiger partial charge is 0.148 e. The fraction of sp³-hybridized carbons (Fsp3) is 0.800. The second-order valence-corrected chi connectivity index (χ2v) is 4.15. The number of hydrogen-bond donors (Lipinski definition) is 0. The molecule has 0 N–H and O–H groups in total. The van der Waals surface area contributed by atoms with Crippen LogP contribution in [0.15, 0.2) is 6.33 Å². The van der Waals surface area contributed by atoms with Gasteiger partial charge in [0.15, 0.2) is 0 Å². The van der Waals surface area contributed by atoms with E-state index in [0.717, 1.165) is 18.2 Å². The van der Waals surface area contributed by atoms with Crippen LogP contribution >= 0.6 is 11.6 Å². The number of hydrogen-bond acceptors (Lipinski definition) is 2. The van der Waals surface area contributed by atoms with Crippen molar-refractivity contribution >= 4 is 11.6 Å². The molecule has 0 radical (unpaired) electrons. The van der Waals surface area contributed by atoms with Gasteiger partial charge in [0.1, 0.15) is 12.2 Å². The van der Waals surface area contributed by atoms with Gasteiger partial charge < -0.3 is 4.57 Å². The van der Waals surface area contributed by atoms with Gasteiger partial charge in [0.2, 0.25) is 0 Å². The standard InChI is InChI=1S/C10H18ClN3/c1-4-8(2)5-9(3)14-7-12-13-10(14)6-11/h7-9H,4-6H2,1-3H3. The van der Waals surface area contributed by atoms with Gasteiger partial charge >= 0.3 is 0 Å². The van der Waals surface area contributed by atoms with Crippen LogP contribution in [0.2, 0.25) is 0 Å². The lowest BCUT2D eigenvalue weighted by molar-refractivity contribution is 0.392. The van der Waals surface area contributed by atoms with Crippen LogP contribution in [0.3, 0.4) is 0 Å². The molecule has 0 spiro atoms. The van der Waals surface area contributed by atoms with Crippen LogP contribution in [0.1, 0.15) is 45.5 Å². The quantitative estimate of drug-likeness (QED) is 0.707. The summed E-state index contributed by atoms with van der Waals surface area (Å²) in [6, 6.07) is 0.439. The molecule has 2 atom stereocenters. The van der Waals surface area contributed by atoms with Crippen molar-refractivity contribution in [3.63, 3.8) is 0 Å². The summed E-state index contributed by atoms with van der Waals surface area (Å²) in [6.07, 6.45) is 4.13. The molecule has 1 rings (SSSR count). The highest BCUT2D eigenvalue weighted by Crippen LogP contribution is 2.20. The first-order chi connectivity index (χ1) is 6.69. The molecule has 0 aliphatic rings. The monoisotopic (exact) mass is 215 g/mol. The normalized spacial score (nSPS) is 15.4. The Labute approximate surface area is 90.5 Å². The molecule has 1 heterocycles. The minimum absolute atomic E-state index is 0.435. The van der Waals surface area contributed by atoms with E-state index in [4.69, 9.17) is 11.6 Å². The van der Waals surface area contributed by atoms with E-state index in [1.165, 1.54) is 6.42 Å². The molecule has 0 aromatic carbocycles. The highest BCUT2D eigenvalue weighted by molar-refractivity contribution is 6.16. The molecule has 3 nitrogen and oxygen atoms in total. The van der Waals surface area contributed by atoms with Crippen molar-refractivity contribution < 1.29 is 0 Å². The summed E-state index contributed by atoms with van der Waals surface area (Å²) in [4.78, 5) is 0. The topological polar surface area (TPSA) is 30.7 Å². The van der Waals surface area contributed by atoms with Crippen molar-refractivity contribution in [2.24, 2.45) is 5.92 Å². The molecule has 0 aliphatic carbocycles. The Hall–Kier alpha value is -0.570. The predicted octanol–water partition coefficient (Wildman–Crippen LogP) is 3.01. The van der Waals surface area contributed by atoms with E-state index in [9.17, 15) is 0 Å². The molecular weight excluding hydrogens is 198 g/mol. The summed E-state index contributed by atoms with van der Waals surface area (Å²) in [5.74, 6) is 2.03. The number of nitrogens with zero attached hydrogens (tertiary/aromatic N) is 3. The third-order valence-electron chi connectivity index (χ3n) is 2.68. The number of alkyl halides is 1. The fourth-order valence-corrected chi connectivity index (χ4v) is 1.78. The minimum atomic E-state index is 0.435. The van der Waals surface area contributed by atoms with Gasteiger partial charge in [-0.1, -0.05) is 20.3 Å². The van der Waals surface area contributed by atoms with Crippen molar-refractivity contribution in [1.29, 1.82) is 0 Å². The van der Waals surface area contributed by atoms with Gasteiger partial charge in [-0.05, 0) is 19.3 Å². The van der Waals surface area contributed by atoms with Gasteiger partial charge in [-0.25, -0.2) is 0 Å². The second kappa shape index (κ2) is 5.35. The van der Waals surface area contributed by atoms with Crippen molar-refractivity contribution in [2.45, 2.75) is 45.5 Å². The number of aromatic nitrogens is 3. The van der Waals surface area contributed by atoms with Crippen molar-refractivity contribution in [3.8, 4) is 0 Å². The maximum atomic E-state index is 5.76. The number of halogens is 1. The zero-order valence-corrected chi connectivity index (χ0v) is 9.83. The van der Waals surface area contributed by atoms with Crippen LogP contribution < -0.4 is 0 Å². The Morgan fingerprint density at radius 2 is 2.21 bits per heavy atom. The molecule has 0 bridgehead atoms. The Morgan fingerprint density at radius 1 is 1.50 bits per heavy atom. The largest absolute Gasteiger partial charge is 0.314 e. The van der Waals surface area contributed by atoms with Crippen LogP contribution in [0.5, 0.6) is 0 Å². The van der Waals surface area contributed by atoms with Crippen LogP contribution in [0.4, 0.5) is 0 Å². The molecular formula is C10H18ClN3. The summed E-state index contributed by atoms with van der Waals surface area (Å²) in [7, 11) is 0. The summed E-state index contributed by atoms with van der Waals surface area (Å²) >= 11 is 5.76. The predicted molar refractivity (Wildman–Crippen MR) is 58.4 cm³/mol. The van der Waals surface area contributed by atoms with E-state index in [2.05, 4.69) is 35.5 Å². The Kier molecular flexibility index (Phi) is 4.39. The molecule has 4 heteroatoms. The second-order valence-electron chi connectivity index (χ2n) is 3.89. The van der Waals surface area contributed by atoms with Crippen LogP contribution in [0.25, 0.3) is 0 Å². The maximum absolute atomic E-state index is 5.76. The molecule has 0 amide bonds. The van der Waals surface area contributed by atoms with Gasteiger partial charge in [-0.15, -0.1) is 21.8 Å². The average Bonchev–Trinajstić information content (AvgIpc) is 2.65. The molecule has 2 unspecified atom stereocenters. The van der Waals surface area contributed by atoms with Gasteiger partial charge in [0.05, 0.1) is 5.88 Å². The molecule has 1 aromatic heterocycles. The molecule has 0 saturated carbocycles. The van der Waals surface area contributed by atoms with Crippen molar-refractivity contribution in [3.05, 3.63) is 12.2 Å². The van der Waals surface area contributed by atoms with E-state index in [-0.39, 0.29) is 0 Å². The third-order valence-corrected chi connectivity index (χ3v) is 2.92. The zero-order chi connectivity index (χ0) is 10.6. The summed E-state index contributed by atoms with van der Waals surface area (Å²) in [5.41, 5.74) is 0. The highest BCUT2D eigenvalue weighted by Gasteiger charge is 2.12. The Balaban J connectivity index is 2.64. The summed E-state index contributed by atoms with van der Waals surface area (Å²) in [5, 5.41) is 7.85. The van der Waals surface area contributed by atoms with Gasteiger partial charge in [0, 0.05) is 6.04 Å².